The lowest BCUT2D eigenvalue weighted by Crippen LogP contribution is -2.29. The van der Waals surface area contributed by atoms with Crippen molar-refractivity contribution in [1.29, 1.82) is 0 Å². The van der Waals surface area contributed by atoms with Gasteiger partial charge in [-0.2, -0.15) is 0 Å². The normalized spacial score (nSPS) is 12.2. The SMILES string of the molecule is CCCC(Cl)CNC(=O)c1ccc(Br)c(O)c1. The highest BCUT2D eigenvalue weighted by Crippen LogP contribution is 2.24. The number of rotatable bonds is 5. The van der Waals surface area contributed by atoms with Crippen molar-refractivity contribution in [2.45, 2.75) is 25.1 Å². The highest BCUT2D eigenvalue weighted by Gasteiger charge is 2.10. The van der Waals surface area contributed by atoms with E-state index in [2.05, 4.69) is 21.2 Å². The average Bonchev–Trinajstić information content (AvgIpc) is 2.30. The second-order valence-electron chi connectivity index (χ2n) is 3.76. The van der Waals surface area contributed by atoms with E-state index < -0.39 is 0 Å². The minimum absolute atomic E-state index is 0.0482. The van der Waals surface area contributed by atoms with Crippen molar-refractivity contribution < 1.29 is 9.90 Å². The molecule has 0 aliphatic carbocycles. The molecule has 17 heavy (non-hydrogen) atoms. The molecule has 0 bridgehead atoms. The van der Waals surface area contributed by atoms with Gasteiger partial charge in [-0.05, 0) is 40.5 Å². The number of alkyl halides is 1. The van der Waals surface area contributed by atoms with Gasteiger partial charge in [-0.25, -0.2) is 0 Å². The molecule has 1 atom stereocenters. The summed E-state index contributed by atoms with van der Waals surface area (Å²) in [5.41, 5.74) is 0.422. The Bertz CT molecular complexity index is 398. The van der Waals surface area contributed by atoms with Gasteiger partial charge in [-0.1, -0.05) is 13.3 Å². The number of carbonyl (C=O) groups is 1. The number of benzene rings is 1. The third-order valence-corrected chi connectivity index (χ3v) is 3.34. The van der Waals surface area contributed by atoms with E-state index in [0.717, 1.165) is 12.8 Å². The van der Waals surface area contributed by atoms with Crippen molar-refractivity contribution in [1.82, 2.24) is 5.32 Å². The summed E-state index contributed by atoms with van der Waals surface area (Å²) in [5.74, 6) is -0.178. The largest absolute Gasteiger partial charge is 0.507 e. The third kappa shape index (κ3) is 4.56. The molecule has 1 amide bonds. The van der Waals surface area contributed by atoms with Crippen LogP contribution < -0.4 is 5.32 Å². The van der Waals surface area contributed by atoms with E-state index in [0.29, 0.717) is 16.6 Å². The topological polar surface area (TPSA) is 49.3 Å². The standard InChI is InChI=1S/C12H15BrClNO2/c1-2-3-9(14)7-15-12(17)8-4-5-10(13)11(16)6-8/h4-6,9,16H,2-3,7H2,1H3,(H,15,17). The van der Waals surface area contributed by atoms with Gasteiger partial charge >= 0.3 is 0 Å². The molecule has 0 radical (unpaired) electrons. The Hall–Kier alpha value is -0.740. The van der Waals surface area contributed by atoms with E-state index in [-0.39, 0.29) is 17.0 Å². The number of hydrogen-bond donors (Lipinski definition) is 2. The number of halogens is 2. The lowest BCUT2D eigenvalue weighted by Gasteiger charge is -2.10. The van der Waals surface area contributed by atoms with E-state index in [1.807, 2.05) is 6.92 Å². The highest BCUT2D eigenvalue weighted by atomic mass is 79.9. The van der Waals surface area contributed by atoms with E-state index in [1.54, 1.807) is 12.1 Å². The Morgan fingerprint density at radius 3 is 2.88 bits per heavy atom. The molecule has 0 aromatic heterocycles. The van der Waals surface area contributed by atoms with Crippen LogP contribution in [0, 0.1) is 0 Å². The first-order valence-corrected chi connectivity index (χ1v) is 6.68. The molecule has 1 rings (SSSR count). The third-order valence-electron chi connectivity index (χ3n) is 2.29. The Kier molecular flexibility index (Phi) is 5.78. The van der Waals surface area contributed by atoms with Gasteiger partial charge in [0.05, 0.1) is 9.85 Å². The van der Waals surface area contributed by atoms with Crippen LogP contribution in [0.1, 0.15) is 30.1 Å². The van der Waals surface area contributed by atoms with Crippen molar-refractivity contribution in [2.75, 3.05) is 6.54 Å². The number of carbonyl (C=O) groups excluding carboxylic acids is 1. The van der Waals surface area contributed by atoms with Gasteiger partial charge in [0, 0.05) is 12.1 Å². The molecule has 94 valence electrons. The van der Waals surface area contributed by atoms with Crippen LogP contribution in [0.2, 0.25) is 0 Å². The predicted molar refractivity (Wildman–Crippen MR) is 72.7 cm³/mol. The van der Waals surface area contributed by atoms with E-state index in [1.165, 1.54) is 6.07 Å². The number of aromatic hydroxyl groups is 1. The summed E-state index contributed by atoms with van der Waals surface area (Å²) >= 11 is 9.16. The van der Waals surface area contributed by atoms with Gasteiger partial charge in [0.15, 0.2) is 0 Å². The van der Waals surface area contributed by atoms with Gasteiger partial charge < -0.3 is 10.4 Å². The van der Waals surface area contributed by atoms with Crippen LogP contribution >= 0.6 is 27.5 Å². The molecule has 0 spiro atoms. The molecule has 5 heteroatoms. The number of hydrogen-bond acceptors (Lipinski definition) is 2. The van der Waals surface area contributed by atoms with Gasteiger partial charge in [0.2, 0.25) is 0 Å². The predicted octanol–water partition coefficient (Wildman–Crippen LogP) is 3.29. The molecule has 1 aromatic rings. The fourth-order valence-corrected chi connectivity index (χ4v) is 1.92. The van der Waals surface area contributed by atoms with Crippen LogP contribution in [0.15, 0.2) is 22.7 Å². The van der Waals surface area contributed by atoms with Crippen molar-refractivity contribution in [3.8, 4) is 5.75 Å². The van der Waals surface area contributed by atoms with Gasteiger partial charge in [-0.3, -0.25) is 4.79 Å². The molecule has 0 fully saturated rings. The average molecular weight is 321 g/mol. The minimum Gasteiger partial charge on any atom is -0.507 e. The fraction of sp³-hybridized carbons (Fsp3) is 0.417. The Morgan fingerprint density at radius 1 is 1.59 bits per heavy atom. The van der Waals surface area contributed by atoms with Gasteiger partial charge in [0.1, 0.15) is 5.75 Å². The maximum absolute atomic E-state index is 11.7. The lowest BCUT2D eigenvalue weighted by molar-refractivity contribution is 0.0953. The molecule has 1 unspecified atom stereocenters. The molecule has 0 saturated heterocycles. The Labute approximate surface area is 114 Å². The molecule has 0 heterocycles. The number of phenols is 1. The Balaban J connectivity index is 2.55. The van der Waals surface area contributed by atoms with Crippen LogP contribution in [0.5, 0.6) is 5.75 Å². The summed E-state index contributed by atoms with van der Waals surface area (Å²) in [6.07, 6.45) is 1.86. The van der Waals surface area contributed by atoms with Crippen molar-refractivity contribution in [3.63, 3.8) is 0 Å². The summed E-state index contributed by atoms with van der Waals surface area (Å²) in [6.45, 7) is 2.48. The zero-order valence-electron chi connectivity index (χ0n) is 9.54. The smallest absolute Gasteiger partial charge is 0.251 e. The monoisotopic (exact) mass is 319 g/mol. The van der Waals surface area contributed by atoms with E-state index in [4.69, 9.17) is 11.6 Å². The van der Waals surface area contributed by atoms with Gasteiger partial charge in [0.25, 0.3) is 5.91 Å². The molecule has 0 aliphatic rings. The summed E-state index contributed by atoms with van der Waals surface area (Å²) in [6, 6.07) is 4.69. The quantitative estimate of drug-likeness (QED) is 0.818. The first kappa shape index (κ1) is 14.3. The maximum atomic E-state index is 11.7. The molecular formula is C12H15BrClNO2. The number of nitrogens with one attached hydrogen (secondary N) is 1. The lowest BCUT2D eigenvalue weighted by atomic mass is 10.2. The number of amides is 1. The van der Waals surface area contributed by atoms with Crippen LogP contribution in [0.25, 0.3) is 0 Å². The zero-order valence-corrected chi connectivity index (χ0v) is 11.9. The fourth-order valence-electron chi connectivity index (χ4n) is 1.37. The first-order valence-electron chi connectivity index (χ1n) is 5.45. The summed E-state index contributed by atoms with van der Waals surface area (Å²) < 4.78 is 0.565. The number of phenolic OH excluding ortho intramolecular Hbond substituents is 1. The molecule has 3 nitrogen and oxygen atoms in total. The van der Waals surface area contributed by atoms with Crippen LogP contribution in [0.3, 0.4) is 0 Å². The maximum Gasteiger partial charge on any atom is 0.251 e. The molecule has 2 N–H and O–H groups in total. The molecule has 1 aromatic carbocycles. The van der Waals surface area contributed by atoms with E-state index in [9.17, 15) is 9.90 Å². The molecule has 0 aliphatic heterocycles. The Morgan fingerprint density at radius 2 is 2.29 bits per heavy atom. The van der Waals surface area contributed by atoms with Gasteiger partial charge in [-0.15, -0.1) is 11.6 Å². The van der Waals surface area contributed by atoms with Crippen LogP contribution in [0.4, 0.5) is 0 Å². The second-order valence-corrected chi connectivity index (χ2v) is 5.23. The summed E-state index contributed by atoms with van der Waals surface area (Å²) in [4.78, 5) is 11.7. The van der Waals surface area contributed by atoms with E-state index >= 15 is 0 Å². The van der Waals surface area contributed by atoms with Crippen LogP contribution in [-0.4, -0.2) is 22.9 Å². The molecule has 0 saturated carbocycles. The second kappa shape index (κ2) is 6.87. The minimum atomic E-state index is -0.227. The molecular weight excluding hydrogens is 305 g/mol. The highest BCUT2D eigenvalue weighted by molar-refractivity contribution is 9.10. The summed E-state index contributed by atoms with van der Waals surface area (Å²) in [7, 11) is 0. The zero-order chi connectivity index (χ0) is 12.8. The first-order chi connectivity index (χ1) is 8.04. The van der Waals surface area contributed by atoms with Crippen molar-refractivity contribution >= 4 is 33.4 Å². The van der Waals surface area contributed by atoms with Crippen molar-refractivity contribution in [2.24, 2.45) is 0 Å². The van der Waals surface area contributed by atoms with Crippen molar-refractivity contribution in [3.05, 3.63) is 28.2 Å². The summed E-state index contributed by atoms with van der Waals surface area (Å²) in [5, 5.41) is 12.1. The van der Waals surface area contributed by atoms with Crippen LogP contribution in [-0.2, 0) is 0 Å².